The molecule has 0 aliphatic rings. The highest BCUT2D eigenvalue weighted by Crippen LogP contribution is 2.15. The van der Waals surface area contributed by atoms with Crippen LogP contribution in [-0.4, -0.2) is 19.8 Å². The third-order valence-electron chi connectivity index (χ3n) is 3.32. The maximum Gasteiger partial charge on any atom is 0.120 e. The van der Waals surface area contributed by atoms with Gasteiger partial charge in [0.1, 0.15) is 12.4 Å². The van der Waals surface area contributed by atoms with Crippen molar-refractivity contribution in [3.8, 4) is 5.75 Å². The smallest absolute Gasteiger partial charge is 0.120 e. The van der Waals surface area contributed by atoms with Crippen molar-refractivity contribution < 1.29 is 21.9 Å². The molecule has 1 N–H and O–H groups in total. The van der Waals surface area contributed by atoms with Crippen LogP contribution in [0.15, 0.2) is 54.6 Å². The van der Waals surface area contributed by atoms with Crippen molar-refractivity contribution >= 4 is 0 Å². The van der Waals surface area contributed by atoms with Gasteiger partial charge in [0.15, 0.2) is 0 Å². The topological polar surface area (TPSA) is 30.5 Å². The minimum absolute atomic E-state index is 0. The summed E-state index contributed by atoms with van der Waals surface area (Å²) < 4.78 is 11.2. The molecule has 2 aromatic carbocycles. The Kier molecular flexibility index (Phi) is 10.1. The van der Waals surface area contributed by atoms with Gasteiger partial charge in [-0.3, -0.25) is 0 Å². The molecule has 0 fully saturated rings. The molecule has 0 amide bonds. The third kappa shape index (κ3) is 8.03. The SMILES string of the molecule is CCOCCCNCc1cccc(OCc2ccccc2)c1.[Cl-]. The van der Waals surface area contributed by atoms with Gasteiger partial charge >= 0.3 is 0 Å². The van der Waals surface area contributed by atoms with Crippen molar-refractivity contribution in [2.45, 2.75) is 26.5 Å². The minimum atomic E-state index is 0. The van der Waals surface area contributed by atoms with Crippen molar-refractivity contribution in [1.82, 2.24) is 5.32 Å². The Bertz CT molecular complexity index is 534. The Morgan fingerprint density at radius 1 is 0.957 bits per heavy atom. The molecule has 0 radical (unpaired) electrons. The van der Waals surface area contributed by atoms with E-state index in [2.05, 4.69) is 29.6 Å². The monoisotopic (exact) mass is 334 g/mol. The molecule has 2 aromatic rings. The van der Waals surface area contributed by atoms with Crippen LogP contribution >= 0.6 is 0 Å². The quantitative estimate of drug-likeness (QED) is 0.652. The molecule has 0 aliphatic carbocycles. The highest BCUT2D eigenvalue weighted by atomic mass is 35.5. The van der Waals surface area contributed by atoms with E-state index >= 15 is 0 Å². The average Bonchev–Trinajstić information content (AvgIpc) is 2.57. The van der Waals surface area contributed by atoms with Gasteiger partial charge in [-0.25, -0.2) is 0 Å². The number of halogens is 1. The number of benzene rings is 2. The van der Waals surface area contributed by atoms with Gasteiger partial charge in [-0.2, -0.15) is 0 Å². The van der Waals surface area contributed by atoms with Crippen LogP contribution in [0.1, 0.15) is 24.5 Å². The van der Waals surface area contributed by atoms with Crippen LogP contribution in [-0.2, 0) is 17.9 Å². The van der Waals surface area contributed by atoms with Gasteiger partial charge in [0.05, 0.1) is 0 Å². The lowest BCUT2D eigenvalue weighted by atomic mass is 10.2. The summed E-state index contributed by atoms with van der Waals surface area (Å²) in [5, 5.41) is 3.43. The molecular weight excluding hydrogens is 310 g/mol. The zero-order valence-electron chi connectivity index (χ0n) is 13.6. The first-order valence-corrected chi connectivity index (χ1v) is 7.92. The van der Waals surface area contributed by atoms with Crippen LogP contribution in [0.4, 0.5) is 0 Å². The Hall–Kier alpha value is -1.55. The van der Waals surface area contributed by atoms with Gasteiger partial charge in [0, 0.05) is 19.8 Å². The molecule has 4 heteroatoms. The summed E-state index contributed by atoms with van der Waals surface area (Å²) in [4.78, 5) is 0. The van der Waals surface area contributed by atoms with Crippen molar-refractivity contribution in [1.29, 1.82) is 0 Å². The van der Waals surface area contributed by atoms with Crippen molar-refractivity contribution in [3.05, 3.63) is 65.7 Å². The van der Waals surface area contributed by atoms with E-state index in [1.54, 1.807) is 0 Å². The summed E-state index contributed by atoms with van der Waals surface area (Å²) in [5.74, 6) is 0.914. The van der Waals surface area contributed by atoms with Crippen molar-refractivity contribution in [2.24, 2.45) is 0 Å². The molecule has 0 saturated heterocycles. The fraction of sp³-hybridized carbons (Fsp3) is 0.368. The lowest BCUT2D eigenvalue weighted by Crippen LogP contribution is -3.00. The fourth-order valence-electron chi connectivity index (χ4n) is 2.16. The van der Waals surface area contributed by atoms with Gasteiger partial charge in [-0.1, -0.05) is 42.5 Å². The van der Waals surface area contributed by atoms with E-state index in [1.165, 1.54) is 11.1 Å². The van der Waals surface area contributed by atoms with E-state index in [0.717, 1.165) is 38.5 Å². The van der Waals surface area contributed by atoms with Crippen LogP contribution in [0.25, 0.3) is 0 Å². The lowest BCUT2D eigenvalue weighted by molar-refractivity contribution is -0.00000580. The van der Waals surface area contributed by atoms with Gasteiger partial charge in [-0.15, -0.1) is 0 Å². The molecule has 0 unspecified atom stereocenters. The summed E-state index contributed by atoms with van der Waals surface area (Å²) in [5.41, 5.74) is 2.42. The standard InChI is InChI=1S/C19H25NO2.ClH/c1-2-21-13-7-12-20-15-18-10-6-11-19(14-18)22-16-17-8-4-3-5-9-17;/h3-6,8-11,14,20H,2,7,12-13,15-16H2,1H3;1H/p-1. The maximum atomic E-state index is 5.84. The number of hydrogen-bond donors (Lipinski definition) is 1. The van der Waals surface area contributed by atoms with E-state index in [1.807, 2.05) is 37.3 Å². The number of nitrogens with one attached hydrogen (secondary N) is 1. The van der Waals surface area contributed by atoms with Gasteiger partial charge < -0.3 is 27.2 Å². The number of rotatable bonds is 10. The van der Waals surface area contributed by atoms with Gasteiger partial charge in [-0.05, 0) is 43.1 Å². The molecule has 0 aromatic heterocycles. The molecule has 23 heavy (non-hydrogen) atoms. The molecular formula is C19H25ClNO2-. The van der Waals surface area contributed by atoms with Crippen LogP contribution in [0.5, 0.6) is 5.75 Å². The zero-order valence-corrected chi connectivity index (χ0v) is 14.4. The average molecular weight is 335 g/mol. The van der Waals surface area contributed by atoms with Crippen LogP contribution < -0.4 is 22.5 Å². The largest absolute Gasteiger partial charge is 1.00 e. The highest BCUT2D eigenvalue weighted by molar-refractivity contribution is 5.29. The predicted octanol–water partition coefficient (Wildman–Crippen LogP) is 0.786. The molecule has 0 aliphatic heterocycles. The minimum Gasteiger partial charge on any atom is -1.00 e. The van der Waals surface area contributed by atoms with Crippen LogP contribution in [0.3, 0.4) is 0 Å². The zero-order chi connectivity index (χ0) is 15.5. The molecule has 3 nitrogen and oxygen atoms in total. The first-order valence-electron chi connectivity index (χ1n) is 7.92. The highest BCUT2D eigenvalue weighted by Gasteiger charge is 1.98. The molecule has 0 heterocycles. The third-order valence-corrected chi connectivity index (χ3v) is 3.32. The summed E-state index contributed by atoms with van der Waals surface area (Å²) in [6.45, 7) is 6.06. The summed E-state index contributed by atoms with van der Waals surface area (Å²) in [6, 6.07) is 18.5. The number of ether oxygens (including phenoxy) is 2. The van der Waals surface area contributed by atoms with Crippen LogP contribution in [0.2, 0.25) is 0 Å². The first kappa shape index (κ1) is 19.5. The summed E-state index contributed by atoms with van der Waals surface area (Å²) in [7, 11) is 0. The summed E-state index contributed by atoms with van der Waals surface area (Å²) >= 11 is 0. The number of hydrogen-bond acceptors (Lipinski definition) is 3. The van der Waals surface area contributed by atoms with Gasteiger partial charge in [0.25, 0.3) is 0 Å². The first-order chi connectivity index (χ1) is 10.9. The fourth-order valence-corrected chi connectivity index (χ4v) is 2.16. The Morgan fingerprint density at radius 2 is 1.74 bits per heavy atom. The Morgan fingerprint density at radius 3 is 2.52 bits per heavy atom. The lowest BCUT2D eigenvalue weighted by Gasteiger charge is -2.09. The van der Waals surface area contributed by atoms with Gasteiger partial charge in [0.2, 0.25) is 0 Å². The van der Waals surface area contributed by atoms with Crippen molar-refractivity contribution in [3.63, 3.8) is 0 Å². The molecule has 0 spiro atoms. The normalized spacial score (nSPS) is 10.1. The summed E-state index contributed by atoms with van der Waals surface area (Å²) in [6.07, 6.45) is 1.04. The molecule has 0 bridgehead atoms. The van der Waals surface area contributed by atoms with Crippen LogP contribution in [0, 0.1) is 0 Å². The van der Waals surface area contributed by atoms with E-state index in [-0.39, 0.29) is 12.4 Å². The molecule has 2 rings (SSSR count). The van der Waals surface area contributed by atoms with E-state index < -0.39 is 0 Å². The molecule has 0 saturated carbocycles. The predicted molar refractivity (Wildman–Crippen MR) is 90.0 cm³/mol. The van der Waals surface area contributed by atoms with Crippen molar-refractivity contribution in [2.75, 3.05) is 19.8 Å². The second-order valence-electron chi connectivity index (χ2n) is 5.15. The Balaban J connectivity index is 0.00000264. The van der Waals surface area contributed by atoms with E-state index in [0.29, 0.717) is 6.61 Å². The molecule has 126 valence electrons. The second-order valence-corrected chi connectivity index (χ2v) is 5.15. The Labute approximate surface area is 145 Å². The molecule has 0 atom stereocenters. The maximum absolute atomic E-state index is 5.84. The van der Waals surface area contributed by atoms with E-state index in [9.17, 15) is 0 Å². The van der Waals surface area contributed by atoms with E-state index in [4.69, 9.17) is 9.47 Å². The second kappa shape index (κ2) is 11.9.